The van der Waals surface area contributed by atoms with Crippen LogP contribution < -0.4 is 4.74 Å². The van der Waals surface area contributed by atoms with E-state index in [1.165, 1.54) is 12.1 Å². The van der Waals surface area contributed by atoms with Crippen LogP contribution in [0.3, 0.4) is 0 Å². The van der Waals surface area contributed by atoms with E-state index in [2.05, 4.69) is 4.98 Å². The van der Waals surface area contributed by atoms with Crippen LogP contribution in [0.1, 0.15) is 16.8 Å². The lowest BCUT2D eigenvalue weighted by Gasteiger charge is -2.11. The molecule has 0 N–H and O–H groups in total. The smallest absolute Gasteiger partial charge is 0.417 e. The predicted molar refractivity (Wildman–Crippen MR) is 65.2 cm³/mol. The summed E-state index contributed by atoms with van der Waals surface area (Å²) in [5, 5.41) is 8.81. The van der Waals surface area contributed by atoms with Crippen molar-refractivity contribution in [3.8, 4) is 17.6 Å². The lowest BCUT2D eigenvalue weighted by molar-refractivity contribution is -0.137. The van der Waals surface area contributed by atoms with Gasteiger partial charge in [-0.2, -0.15) is 18.4 Å². The van der Waals surface area contributed by atoms with Crippen molar-refractivity contribution in [3.05, 3.63) is 53.3 Å². The summed E-state index contributed by atoms with van der Waals surface area (Å²) in [6.07, 6.45) is -2.98. The summed E-state index contributed by atoms with van der Waals surface area (Å²) in [6, 6.07) is 7.90. The number of aryl methyl sites for hydroxylation is 1. The molecule has 0 fully saturated rings. The number of aromatic nitrogens is 1. The molecule has 0 aliphatic carbocycles. The number of alkyl halides is 3. The molecular weight excluding hydrogens is 269 g/mol. The molecule has 1 heterocycles. The van der Waals surface area contributed by atoms with E-state index in [9.17, 15) is 13.2 Å². The molecule has 0 unspecified atom stereocenters. The standard InChI is InChI=1S/C14H9F3N2O/c1-9-13(3-2-6-19-9)20-11-4-5-12(14(15,16)17)10(7-11)8-18/h2-7H,1H3. The van der Waals surface area contributed by atoms with Gasteiger partial charge in [-0.25, -0.2) is 0 Å². The first-order valence-electron chi connectivity index (χ1n) is 5.62. The van der Waals surface area contributed by atoms with Crippen molar-refractivity contribution in [2.24, 2.45) is 0 Å². The predicted octanol–water partition coefficient (Wildman–Crippen LogP) is 4.07. The molecule has 20 heavy (non-hydrogen) atoms. The first-order valence-corrected chi connectivity index (χ1v) is 5.62. The Morgan fingerprint density at radius 2 is 2.00 bits per heavy atom. The lowest BCUT2D eigenvalue weighted by atomic mass is 10.1. The number of pyridine rings is 1. The average molecular weight is 278 g/mol. The Morgan fingerprint density at radius 1 is 1.25 bits per heavy atom. The summed E-state index contributed by atoms with van der Waals surface area (Å²) in [5.41, 5.74) is -0.849. The van der Waals surface area contributed by atoms with Crippen molar-refractivity contribution in [1.29, 1.82) is 5.26 Å². The second-order valence-electron chi connectivity index (χ2n) is 4.01. The molecule has 3 nitrogen and oxygen atoms in total. The molecular formula is C14H9F3N2O. The van der Waals surface area contributed by atoms with Crippen LogP contribution in [0.15, 0.2) is 36.5 Å². The van der Waals surface area contributed by atoms with E-state index in [0.29, 0.717) is 11.4 Å². The summed E-state index contributed by atoms with van der Waals surface area (Å²) in [5.74, 6) is 0.585. The van der Waals surface area contributed by atoms with Gasteiger partial charge in [0, 0.05) is 6.20 Å². The van der Waals surface area contributed by atoms with Gasteiger partial charge in [-0.05, 0) is 37.3 Å². The molecule has 2 aromatic rings. The van der Waals surface area contributed by atoms with Crippen molar-refractivity contribution in [1.82, 2.24) is 4.98 Å². The molecule has 0 aliphatic rings. The molecule has 2 rings (SSSR count). The molecule has 0 saturated heterocycles. The van der Waals surface area contributed by atoms with Crippen molar-refractivity contribution in [2.75, 3.05) is 0 Å². The molecule has 0 radical (unpaired) electrons. The summed E-state index contributed by atoms with van der Waals surface area (Å²) in [6.45, 7) is 1.71. The summed E-state index contributed by atoms with van der Waals surface area (Å²) in [7, 11) is 0. The molecule has 0 amide bonds. The molecule has 0 bridgehead atoms. The van der Waals surface area contributed by atoms with Crippen LogP contribution >= 0.6 is 0 Å². The quantitative estimate of drug-likeness (QED) is 0.831. The Labute approximate surface area is 113 Å². The second kappa shape index (κ2) is 5.21. The van der Waals surface area contributed by atoms with Gasteiger partial charge in [0.25, 0.3) is 0 Å². The van der Waals surface area contributed by atoms with Gasteiger partial charge in [-0.1, -0.05) is 0 Å². The molecule has 6 heteroatoms. The first kappa shape index (κ1) is 13.9. The van der Waals surface area contributed by atoms with Crippen LogP contribution in [0.2, 0.25) is 0 Å². The maximum Gasteiger partial charge on any atom is 0.417 e. The van der Waals surface area contributed by atoms with E-state index < -0.39 is 17.3 Å². The molecule has 0 aliphatic heterocycles. The molecule has 0 spiro atoms. The first-order chi connectivity index (χ1) is 9.41. The van der Waals surface area contributed by atoms with E-state index in [-0.39, 0.29) is 5.75 Å². The zero-order valence-electron chi connectivity index (χ0n) is 10.4. The van der Waals surface area contributed by atoms with Crippen molar-refractivity contribution < 1.29 is 17.9 Å². The maximum atomic E-state index is 12.7. The van der Waals surface area contributed by atoms with E-state index in [1.54, 1.807) is 25.3 Å². The fraction of sp³-hybridized carbons (Fsp3) is 0.143. The Hall–Kier alpha value is -2.55. The largest absolute Gasteiger partial charge is 0.455 e. The van der Waals surface area contributed by atoms with Crippen molar-refractivity contribution in [2.45, 2.75) is 13.1 Å². The van der Waals surface area contributed by atoms with E-state index >= 15 is 0 Å². The molecule has 1 aromatic carbocycles. The van der Waals surface area contributed by atoms with Crippen molar-refractivity contribution in [3.63, 3.8) is 0 Å². The fourth-order valence-corrected chi connectivity index (χ4v) is 1.63. The van der Waals surface area contributed by atoms with Gasteiger partial charge < -0.3 is 4.74 Å². The highest BCUT2D eigenvalue weighted by molar-refractivity contribution is 5.46. The van der Waals surface area contributed by atoms with Gasteiger partial charge in [-0.3, -0.25) is 4.98 Å². The third-order valence-corrected chi connectivity index (χ3v) is 2.60. The van der Waals surface area contributed by atoms with E-state index in [4.69, 9.17) is 10.00 Å². The van der Waals surface area contributed by atoms with Crippen LogP contribution in [-0.2, 0) is 6.18 Å². The van der Waals surface area contributed by atoms with Crippen LogP contribution in [-0.4, -0.2) is 4.98 Å². The molecule has 0 atom stereocenters. The normalized spacial score (nSPS) is 10.9. The molecule has 0 saturated carbocycles. The average Bonchev–Trinajstić information content (AvgIpc) is 2.40. The Morgan fingerprint density at radius 3 is 2.60 bits per heavy atom. The summed E-state index contributed by atoms with van der Waals surface area (Å²) >= 11 is 0. The van der Waals surface area contributed by atoms with Crippen molar-refractivity contribution >= 4 is 0 Å². The summed E-state index contributed by atoms with van der Waals surface area (Å²) < 4.78 is 43.4. The highest BCUT2D eigenvalue weighted by atomic mass is 19.4. The number of nitrogens with zero attached hydrogens (tertiary/aromatic N) is 2. The van der Waals surface area contributed by atoms with Gasteiger partial charge in [0.1, 0.15) is 11.5 Å². The summed E-state index contributed by atoms with van der Waals surface area (Å²) in [4.78, 5) is 4.00. The minimum absolute atomic E-state index is 0.158. The van der Waals surface area contributed by atoms with Crippen LogP contribution in [0.4, 0.5) is 13.2 Å². The fourth-order valence-electron chi connectivity index (χ4n) is 1.63. The minimum Gasteiger partial charge on any atom is -0.455 e. The highest BCUT2D eigenvalue weighted by Crippen LogP contribution is 2.34. The Balaban J connectivity index is 2.37. The van der Waals surface area contributed by atoms with Gasteiger partial charge in [0.15, 0.2) is 0 Å². The van der Waals surface area contributed by atoms with Gasteiger partial charge in [0.2, 0.25) is 0 Å². The SMILES string of the molecule is Cc1ncccc1Oc1ccc(C(F)(F)F)c(C#N)c1. The van der Waals surface area contributed by atoms with Crippen LogP contribution in [0.25, 0.3) is 0 Å². The molecule has 1 aromatic heterocycles. The topological polar surface area (TPSA) is 45.9 Å². The number of nitriles is 1. The third-order valence-electron chi connectivity index (χ3n) is 2.60. The van der Waals surface area contributed by atoms with Gasteiger partial charge >= 0.3 is 6.18 Å². The number of hydrogen-bond donors (Lipinski definition) is 0. The number of halogens is 3. The van der Waals surface area contributed by atoms with E-state index in [1.807, 2.05) is 0 Å². The number of benzene rings is 1. The zero-order chi connectivity index (χ0) is 14.8. The Kier molecular flexibility index (Phi) is 3.61. The monoisotopic (exact) mass is 278 g/mol. The number of rotatable bonds is 2. The van der Waals surface area contributed by atoms with Gasteiger partial charge in [-0.15, -0.1) is 0 Å². The zero-order valence-corrected chi connectivity index (χ0v) is 10.4. The minimum atomic E-state index is -4.56. The van der Waals surface area contributed by atoms with E-state index in [0.717, 1.165) is 12.1 Å². The van der Waals surface area contributed by atoms with Gasteiger partial charge in [0.05, 0.1) is 22.9 Å². The second-order valence-corrected chi connectivity index (χ2v) is 4.01. The van der Waals surface area contributed by atoms with Crippen LogP contribution in [0.5, 0.6) is 11.5 Å². The maximum absolute atomic E-state index is 12.7. The molecule has 102 valence electrons. The highest BCUT2D eigenvalue weighted by Gasteiger charge is 2.33. The number of ether oxygens (including phenoxy) is 1. The number of hydrogen-bond acceptors (Lipinski definition) is 3. The lowest BCUT2D eigenvalue weighted by Crippen LogP contribution is -2.07. The third kappa shape index (κ3) is 2.88. The Bertz CT molecular complexity index is 675. The van der Waals surface area contributed by atoms with Crippen LogP contribution in [0, 0.1) is 18.3 Å².